The van der Waals surface area contributed by atoms with Gasteiger partial charge in [-0.15, -0.1) is 0 Å². The average molecular weight is 369 g/mol. The van der Waals surface area contributed by atoms with E-state index in [2.05, 4.69) is 38.1 Å². The molecule has 0 heterocycles. The molecule has 0 N–H and O–H groups in total. The summed E-state index contributed by atoms with van der Waals surface area (Å²) in [5, 5.41) is 0. The molecule has 0 nitrogen and oxygen atoms in total. The maximum atomic E-state index is 2.40. The van der Waals surface area contributed by atoms with Crippen molar-refractivity contribution in [3.05, 3.63) is 35.4 Å². The fourth-order valence-corrected chi connectivity index (χ4v) is 5.84. The Labute approximate surface area is 169 Å². The molecule has 0 spiro atoms. The molecule has 152 valence electrons. The van der Waals surface area contributed by atoms with Crippen LogP contribution in [0.25, 0.3) is 0 Å². The predicted molar refractivity (Wildman–Crippen MR) is 119 cm³/mol. The molecule has 27 heavy (non-hydrogen) atoms. The van der Waals surface area contributed by atoms with Crippen LogP contribution in [-0.2, 0) is 12.8 Å². The van der Waals surface area contributed by atoms with Crippen LogP contribution in [0.5, 0.6) is 0 Å². The quantitative estimate of drug-likeness (QED) is 0.384. The Morgan fingerprint density at radius 2 is 1.15 bits per heavy atom. The van der Waals surface area contributed by atoms with Gasteiger partial charge in [0.25, 0.3) is 0 Å². The van der Waals surface area contributed by atoms with E-state index in [1.807, 2.05) is 0 Å². The summed E-state index contributed by atoms with van der Waals surface area (Å²) < 4.78 is 0. The zero-order valence-corrected chi connectivity index (χ0v) is 18.2. The Morgan fingerprint density at radius 1 is 0.630 bits per heavy atom. The SMILES string of the molecule is CCCCCc1ccc(CC[C@H]2CC[C@H]([C@H]3CC[C@H](CC)CC3)CC2)cc1. The van der Waals surface area contributed by atoms with Crippen molar-refractivity contribution in [1.29, 1.82) is 0 Å². The van der Waals surface area contributed by atoms with Crippen LogP contribution in [-0.4, -0.2) is 0 Å². The smallest absolute Gasteiger partial charge is 0.0276 e. The van der Waals surface area contributed by atoms with E-state index in [4.69, 9.17) is 0 Å². The van der Waals surface area contributed by atoms with Crippen molar-refractivity contribution in [2.75, 3.05) is 0 Å². The first-order valence-electron chi connectivity index (χ1n) is 12.4. The molecule has 3 rings (SSSR count). The van der Waals surface area contributed by atoms with Gasteiger partial charge in [0.1, 0.15) is 0 Å². The Kier molecular flexibility index (Phi) is 8.75. The van der Waals surface area contributed by atoms with Crippen molar-refractivity contribution >= 4 is 0 Å². The molecule has 0 aliphatic heterocycles. The Hall–Kier alpha value is -0.780. The second-order valence-electron chi connectivity index (χ2n) is 9.78. The first kappa shape index (κ1) is 20.9. The van der Waals surface area contributed by atoms with Gasteiger partial charge in [0.05, 0.1) is 0 Å². The molecule has 0 amide bonds. The van der Waals surface area contributed by atoms with Gasteiger partial charge in [-0.25, -0.2) is 0 Å². The third-order valence-electron chi connectivity index (χ3n) is 7.96. The first-order chi connectivity index (χ1) is 13.3. The lowest BCUT2D eigenvalue weighted by Crippen LogP contribution is -2.25. The van der Waals surface area contributed by atoms with Crippen LogP contribution >= 0.6 is 0 Å². The average Bonchev–Trinajstić information content (AvgIpc) is 2.74. The summed E-state index contributed by atoms with van der Waals surface area (Å²) in [5.41, 5.74) is 3.10. The van der Waals surface area contributed by atoms with E-state index < -0.39 is 0 Å². The fourth-order valence-electron chi connectivity index (χ4n) is 5.84. The van der Waals surface area contributed by atoms with E-state index in [9.17, 15) is 0 Å². The minimum atomic E-state index is 0.998. The van der Waals surface area contributed by atoms with Crippen molar-refractivity contribution in [2.24, 2.45) is 23.7 Å². The number of aryl methyl sites for hydroxylation is 2. The number of hydrogen-bond acceptors (Lipinski definition) is 0. The molecule has 0 heteroatoms. The lowest BCUT2D eigenvalue weighted by atomic mass is 9.68. The molecule has 2 saturated carbocycles. The second-order valence-corrected chi connectivity index (χ2v) is 9.78. The van der Waals surface area contributed by atoms with E-state index in [1.165, 1.54) is 89.0 Å². The Balaban J connectivity index is 1.33. The molecule has 0 radical (unpaired) electrons. The van der Waals surface area contributed by atoms with Gasteiger partial charge in [-0.3, -0.25) is 0 Å². The van der Waals surface area contributed by atoms with Gasteiger partial charge < -0.3 is 0 Å². The van der Waals surface area contributed by atoms with Gasteiger partial charge in [0, 0.05) is 0 Å². The van der Waals surface area contributed by atoms with Crippen molar-refractivity contribution < 1.29 is 0 Å². The zero-order chi connectivity index (χ0) is 18.9. The van der Waals surface area contributed by atoms with E-state index in [0.29, 0.717) is 0 Å². The van der Waals surface area contributed by atoms with Crippen molar-refractivity contribution in [1.82, 2.24) is 0 Å². The second kappa shape index (κ2) is 11.3. The summed E-state index contributed by atoms with van der Waals surface area (Å²) in [6, 6.07) is 9.57. The molecular formula is C27H44. The molecule has 2 fully saturated rings. The van der Waals surface area contributed by atoms with Gasteiger partial charge in [0.15, 0.2) is 0 Å². The fraction of sp³-hybridized carbons (Fsp3) is 0.778. The lowest BCUT2D eigenvalue weighted by Gasteiger charge is -2.37. The highest BCUT2D eigenvalue weighted by Gasteiger charge is 2.30. The number of hydrogen-bond donors (Lipinski definition) is 0. The van der Waals surface area contributed by atoms with Crippen LogP contribution < -0.4 is 0 Å². The number of benzene rings is 1. The summed E-state index contributed by atoms with van der Waals surface area (Å²) in [7, 11) is 0. The van der Waals surface area contributed by atoms with Crippen LogP contribution in [0.2, 0.25) is 0 Å². The van der Waals surface area contributed by atoms with E-state index in [0.717, 1.165) is 23.7 Å². The van der Waals surface area contributed by atoms with Gasteiger partial charge in [-0.2, -0.15) is 0 Å². The van der Waals surface area contributed by atoms with Gasteiger partial charge in [-0.1, -0.05) is 83.1 Å². The van der Waals surface area contributed by atoms with Gasteiger partial charge in [0.2, 0.25) is 0 Å². The third-order valence-corrected chi connectivity index (χ3v) is 7.96. The highest BCUT2D eigenvalue weighted by atomic mass is 14.4. The summed E-state index contributed by atoms with van der Waals surface area (Å²) >= 11 is 0. The van der Waals surface area contributed by atoms with E-state index in [1.54, 1.807) is 18.4 Å². The van der Waals surface area contributed by atoms with E-state index >= 15 is 0 Å². The number of rotatable bonds is 9. The summed E-state index contributed by atoms with van der Waals surface area (Å²) in [4.78, 5) is 0. The molecular weight excluding hydrogens is 324 g/mol. The highest BCUT2D eigenvalue weighted by molar-refractivity contribution is 5.22. The maximum Gasteiger partial charge on any atom is -0.0276 e. The van der Waals surface area contributed by atoms with Gasteiger partial charge >= 0.3 is 0 Å². The maximum absolute atomic E-state index is 2.40. The minimum absolute atomic E-state index is 0.998. The molecule has 0 atom stereocenters. The first-order valence-corrected chi connectivity index (χ1v) is 12.4. The van der Waals surface area contributed by atoms with Gasteiger partial charge in [-0.05, 0) is 86.2 Å². The van der Waals surface area contributed by atoms with Crippen LogP contribution in [0.15, 0.2) is 24.3 Å². The van der Waals surface area contributed by atoms with Crippen molar-refractivity contribution in [3.8, 4) is 0 Å². The summed E-state index contributed by atoms with van der Waals surface area (Å²) in [6.07, 6.45) is 21.6. The molecule has 1 aromatic rings. The lowest BCUT2D eigenvalue weighted by molar-refractivity contribution is 0.142. The van der Waals surface area contributed by atoms with Crippen LogP contribution in [0.4, 0.5) is 0 Å². The summed E-state index contributed by atoms with van der Waals surface area (Å²) in [5.74, 6) is 4.20. The molecule has 0 bridgehead atoms. The van der Waals surface area contributed by atoms with Crippen molar-refractivity contribution in [3.63, 3.8) is 0 Å². The highest BCUT2D eigenvalue weighted by Crippen LogP contribution is 2.42. The van der Waals surface area contributed by atoms with Crippen LogP contribution in [0, 0.1) is 23.7 Å². The predicted octanol–water partition coefficient (Wildman–Crippen LogP) is 8.37. The minimum Gasteiger partial charge on any atom is -0.0654 e. The molecule has 0 unspecified atom stereocenters. The normalized spacial score (nSPS) is 29.0. The van der Waals surface area contributed by atoms with E-state index in [-0.39, 0.29) is 0 Å². The Morgan fingerprint density at radius 3 is 1.67 bits per heavy atom. The van der Waals surface area contributed by atoms with Crippen molar-refractivity contribution in [2.45, 2.75) is 110 Å². The molecule has 1 aromatic carbocycles. The third kappa shape index (κ3) is 6.65. The van der Waals surface area contributed by atoms with Crippen LogP contribution in [0.3, 0.4) is 0 Å². The standard InChI is InChI=1S/C27H44/c1-3-5-6-7-23-8-10-24(11-9-23)12-13-25-16-20-27(21-17-25)26-18-14-22(4-2)15-19-26/h8-11,22,25-27H,3-7,12-21H2,1-2H3/t22-,25-,26-,27-. The molecule has 2 aliphatic carbocycles. The monoisotopic (exact) mass is 368 g/mol. The largest absolute Gasteiger partial charge is 0.0654 e. The molecule has 0 saturated heterocycles. The summed E-state index contributed by atoms with van der Waals surface area (Å²) in [6.45, 7) is 4.67. The zero-order valence-electron chi connectivity index (χ0n) is 18.2. The van der Waals surface area contributed by atoms with Crippen LogP contribution in [0.1, 0.15) is 108 Å². The topological polar surface area (TPSA) is 0 Å². The number of unbranched alkanes of at least 4 members (excludes halogenated alkanes) is 2. The molecule has 0 aromatic heterocycles. The molecule has 2 aliphatic rings. The Bertz CT molecular complexity index is 497.